The Kier molecular flexibility index (Phi) is 3.16. The van der Waals surface area contributed by atoms with E-state index in [2.05, 4.69) is 19.2 Å². The second kappa shape index (κ2) is 3.95. The zero-order valence-electron chi connectivity index (χ0n) is 6.16. The van der Waals surface area contributed by atoms with Gasteiger partial charge in [-0.15, -0.1) is 9.24 Å². The fourth-order valence-electron chi connectivity index (χ4n) is 1.00. The van der Waals surface area contributed by atoms with Gasteiger partial charge in [0, 0.05) is 29.5 Å². The van der Waals surface area contributed by atoms with Crippen molar-refractivity contribution in [3.8, 4) is 0 Å². The van der Waals surface area contributed by atoms with E-state index in [1.54, 1.807) is 12.4 Å². The van der Waals surface area contributed by atoms with Crippen molar-refractivity contribution in [2.45, 2.75) is 0 Å². The van der Waals surface area contributed by atoms with Gasteiger partial charge in [0.25, 0.3) is 0 Å². The molecule has 0 saturated carbocycles. The van der Waals surface area contributed by atoms with E-state index < -0.39 is 0 Å². The van der Waals surface area contributed by atoms with Crippen molar-refractivity contribution in [2.24, 2.45) is 0 Å². The Balaban J connectivity index is 0.000000720. The maximum Gasteiger partial charge on any atom is 0.0957 e. The monoisotopic (exact) mass is 225 g/mol. The Morgan fingerprint density at radius 2 is 1.92 bits per heavy atom. The molecule has 2 nitrogen and oxygen atoms in total. The number of nitrogens with zero attached hydrogens (tertiary/aromatic N) is 2. The van der Waals surface area contributed by atoms with Crippen LogP contribution >= 0.6 is 9.24 Å². The Labute approximate surface area is 83.5 Å². The van der Waals surface area contributed by atoms with Crippen molar-refractivity contribution in [1.82, 2.24) is 9.97 Å². The molecule has 0 aliphatic carbocycles. The molecule has 1 radical (unpaired) electrons. The fourth-order valence-corrected chi connectivity index (χ4v) is 1.31. The predicted molar refractivity (Wildman–Crippen MR) is 48.9 cm³/mol. The average Bonchev–Trinajstić information content (AvgIpc) is 2.06. The molecule has 12 heavy (non-hydrogen) atoms. The molecule has 2 aromatic heterocycles. The number of hydrogen-bond acceptors (Lipinski definition) is 2. The van der Waals surface area contributed by atoms with Gasteiger partial charge in [-0.05, 0) is 23.5 Å². The summed E-state index contributed by atoms with van der Waals surface area (Å²) in [6.45, 7) is 0. The number of pyridine rings is 2. The first-order valence-electron chi connectivity index (χ1n) is 3.33. The van der Waals surface area contributed by atoms with Crippen LogP contribution in [0.2, 0.25) is 0 Å². The minimum atomic E-state index is 0. The summed E-state index contributed by atoms with van der Waals surface area (Å²) in [6.07, 6.45) is 3.56. The summed E-state index contributed by atoms with van der Waals surface area (Å²) >= 11 is 0. The third-order valence-electron chi connectivity index (χ3n) is 1.53. The molecule has 0 spiro atoms. The zero-order valence-corrected chi connectivity index (χ0v) is 8.26. The minimum absolute atomic E-state index is 0. The molecule has 65 valence electrons. The van der Waals surface area contributed by atoms with E-state index in [1.807, 2.05) is 18.2 Å². The molecule has 0 saturated heterocycles. The average molecular weight is 226 g/mol. The minimum Gasteiger partial charge on any atom is -0.255 e. The molecule has 2 heterocycles. The number of hydrogen-bond donors (Lipinski definition) is 0. The summed E-state index contributed by atoms with van der Waals surface area (Å²) in [5, 5.41) is 1.09. The van der Waals surface area contributed by atoms with E-state index in [0.717, 1.165) is 16.3 Å². The van der Waals surface area contributed by atoms with E-state index in [4.69, 9.17) is 0 Å². The van der Waals surface area contributed by atoms with Gasteiger partial charge in [-0.25, -0.2) is 0 Å². The first-order chi connectivity index (χ1) is 5.38. The van der Waals surface area contributed by atoms with Gasteiger partial charge in [-0.3, -0.25) is 9.97 Å². The first-order valence-corrected chi connectivity index (χ1v) is 3.91. The van der Waals surface area contributed by atoms with E-state index in [9.17, 15) is 0 Å². The van der Waals surface area contributed by atoms with E-state index in [1.165, 1.54) is 0 Å². The predicted octanol–water partition coefficient (Wildman–Crippen LogP) is 1.13. The molecule has 0 amide bonds. The van der Waals surface area contributed by atoms with Gasteiger partial charge in [0.15, 0.2) is 0 Å². The molecule has 0 N–H and O–H groups in total. The van der Waals surface area contributed by atoms with Crippen molar-refractivity contribution in [1.29, 1.82) is 0 Å². The van der Waals surface area contributed by atoms with Crippen LogP contribution in [-0.4, -0.2) is 9.97 Å². The van der Waals surface area contributed by atoms with E-state index >= 15 is 0 Å². The summed E-state index contributed by atoms with van der Waals surface area (Å²) in [6, 6.07) is 5.77. The van der Waals surface area contributed by atoms with Crippen LogP contribution in [0.1, 0.15) is 0 Å². The molecule has 2 rings (SSSR count). The standard InChI is InChI=1S/C8H7N2P.Cu/c11-7-3-5-9-6-2-1-4-10-8(6)7;/h1-5H,11H2;. The second-order valence-electron chi connectivity index (χ2n) is 2.27. The van der Waals surface area contributed by atoms with Crippen LogP contribution in [0.15, 0.2) is 30.6 Å². The normalized spacial score (nSPS) is 9.42. The van der Waals surface area contributed by atoms with Crippen molar-refractivity contribution in [3.05, 3.63) is 30.6 Å². The van der Waals surface area contributed by atoms with Crippen LogP contribution in [0.5, 0.6) is 0 Å². The molecule has 0 aromatic carbocycles. The van der Waals surface area contributed by atoms with Crippen LogP contribution in [0.3, 0.4) is 0 Å². The summed E-state index contributed by atoms with van der Waals surface area (Å²) < 4.78 is 0. The van der Waals surface area contributed by atoms with E-state index in [0.29, 0.717) is 0 Å². The smallest absolute Gasteiger partial charge is 0.0957 e. The van der Waals surface area contributed by atoms with Crippen molar-refractivity contribution in [2.75, 3.05) is 0 Å². The molecule has 1 atom stereocenters. The Morgan fingerprint density at radius 1 is 1.08 bits per heavy atom. The summed E-state index contributed by atoms with van der Waals surface area (Å²) in [5.74, 6) is 0. The molecular formula is C8H7CuN2P. The Bertz CT molecular complexity index is 386. The Morgan fingerprint density at radius 3 is 2.67 bits per heavy atom. The summed E-state index contributed by atoms with van der Waals surface area (Å²) in [7, 11) is 2.64. The Hall–Kier alpha value is -0.491. The van der Waals surface area contributed by atoms with Crippen molar-refractivity contribution in [3.63, 3.8) is 0 Å². The number of rotatable bonds is 0. The molecule has 0 aliphatic rings. The molecule has 2 aromatic rings. The first kappa shape index (κ1) is 9.60. The van der Waals surface area contributed by atoms with Crippen LogP contribution < -0.4 is 5.30 Å². The quantitative estimate of drug-likeness (QED) is 0.496. The van der Waals surface area contributed by atoms with Crippen molar-refractivity contribution < 1.29 is 17.1 Å². The van der Waals surface area contributed by atoms with Crippen molar-refractivity contribution >= 4 is 25.6 Å². The molecule has 1 unspecified atom stereocenters. The largest absolute Gasteiger partial charge is 0.255 e. The van der Waals surface area contributed by atoms with Gasteiger partial charge in [0.05, 0.1) is 11.0 Å². The summed E-state index contributed by atoms with van der Waals surface area (Å²) in [4.78, 5) is 8.36. The summed E-state index contributed by atoms with van der Waals surface area (Å²) in [5.41, 5.74) is 1.90. The molecule has 0 bridgehead atoms. The second-order valence-corrected chi connectivity index (χ2v) is 2.89. The number of aromatic nitrogens is 2. The van der Waals surface area contributed by atoms with Crippen LogP contribution in [0.4, 0.5) is 0 Å². The van der Waals surface area contributed by atoms with Crippen LogP contribution in [0, 0.1) is 0 Å². The van der Waals surface area contributed by atoms with Gasteiger partial charge in [0.1, 0.15) is 0 Å². The SMILES string of the molecule is Pc1ccnc2cccnc12.[Cu]. The topological polar surface area (TPSA) is 25.8 Å². The zero-order chi connectivity index (χ0) is 7.68. The maximum atomic E-state index is 4.20. The van der Waals surface area contributed by atoms with Gasteiger partial charge in [-0.1, -0.05) is 0 Å². The van der Waals surface area contributed by atoms with Gasteiger partial charge in [-0.2, -0.15) is 0 Å². The third-order valence-corrected chi connectivity index (χ3v) is 1.99. The molecule has 0 aliphatic heterocycles. The third kappa shape index (κ3) is 1.64. The molecule has 4 heteroatoms. The van der Waals surface area contributed by atoms with Gasteiger partial charge >= 0.3 is 0 Å². The van der Waals surface area contributed by atoms with Crippen LogP contribution in [-0.2, 0) is 17.1 Å². The molecular weight excluding hydrogens is 219 g/mol. The van der Waals surface area contributed by atoms with Crippen LogP contribution in [0.25, 0.3) is 11.0 Å². The fraction of sp³-hybridized carbons (Fsp3) is 0. The maximum absolute atomic E-state index is 4.20. The molecule has 0 fully saturated rings. The van der Waals surface area contributed by atoms with Gasteiger partial charge in [0.2, 0.25) is 0 Å². The number of fused-ring (bicyclic) bond motifs is 1. The van der Waals surface area contributed by atoms with E-state index in [-0.39, 0.29) is 17.1 Å². The van der Waals surface area contributed by atoms with Gasteiger partial charge < -0.3 is 0 Å².